The van der Waals surface area contributed by atoms with Crippen LogP contribution in [0.25, 0.3) is 0 Å². The Morgan fingerprint density at radius 3 is 2.17 bits per heavy atom. The van der Waals surface area contributed by atoms with Crippen molar-refractivity contribution in [1.29, 1.82) is 0 Å². The van der Waals surface area contributed by atoms with E-state index in [0.29, 0.717) is 24.2 Å². The summed E-state index contributed by atoms with van der Waals surface area (Å²) >= 11 is 0. The van der Waals surface area contributed by atoms with Crippen LogP contribution in [0.1, 0.15) is 88.7 Å². The number of aromatic nitrogens is 1. The molecule has 0 amide bonds. The van der Waals surface area contributed by atoms with Gasteiger partial charge in [0, 0.05) is 49.3 Å². The van der Waals surface area contributed by atoms with Crippen molar-refractivity contribution in [2.75, 3.05) is 13.1 Å². The SMILES string of the molecule is C[C@@H]1N[C@@H]2CCCC[C@H]2NCCN(N)[C@@H]2CCCC[C@H]2N[C@H](C)c2cccc1n2. The summed E-state index contributed by atoms with van der Waals surface area (Å²) in [6.07, 6.45) is 10.0. The molecule has 6 atom stereocenters. The molecule has 0 spiro atoms. The van der Waals surface area contributed by atoms with E-state index in [9.17, 15) is 0 Å². The zero-order chi connectivity index (χ0) is 20.2. The molecule has 1 aromatic rings. The van der Waals surface area contributed by atoms with Gasteiger partial charge in [-0.25, -0.2) is 5.01 Å². The van der Waals surface area contributed by atoms with Crippen LogP contribution in [0, 0.1) is 0 Å². The first-order valence-electron chi connectivity index (χ1n) is 11.9. The summed E-state index contributed by atoms with van der Waals surface area (Å²) in [4.78, 5) is 5.05. The van der Waals surface area contributed by atoms with Crippen molar-refractivity contribution in [3.8, 4) is 0 Å². The standard InChI is InChI=1S/C23H40N6/c1-16-18-11-7-12-19(28-18)17(2)27-22-10-5-6-13-23(22)29(24)15-14-25-20-8-3-4-9-21(20)26-16/h7,11-12,16-17,20-23,25-27H,3-6,8-10,13-15,24H2,1-2H3/t16-,17+,20+,21+,22+,23+/m0/s1. The Labute approximate surface area is 176 Å². The smallest absolute Gasteiger partial charge is 0.0574 e. The summed E-state index contributed by atoms with van der Waals surface area (Å²) in [7, 11) is 0. The molecule has 3 aliphatic rings. The van der Waals surface area contributed by atoms with E-state index < -0.39 is 0 Å². The summed E-state index contributed by atoms with van der Waals surface area (Å²) < 4.78 is 0. The van der Waals surface area contributed by atoms with Crippen LogP contribution in [0.4, 0.5) is 0 Å². The third-order valence-corrected chi connectivity index (χ3v) is 7.31. The fourth-order valence-corrected chi connectivity index (χ4v) is 5.59. The molecule has 1 aliphatic heterocycles. The van der Waals surface area contributed by atoms with Crippen LogP contribution in [0.15, 0.2) is 18.2 Å². The molecule has 0 unspecified atom stereocenters. The van der Waals surface area contributed by atoms with Gasteiger partial charge in [-0.3, -0.25) is 10.8 Å². The number of nitrogens with zero attached hydrogens (tertiary/aromatic N) is 2. The quantitative estimate of drug-likeness (QED) is 0.502. The molecular weight excluding hydrogens is 360 g/mol. The van der Waals surface area contributed by atoms with Crippen LogP contribution in [0.5, 0.6) is 0 Å². The highest BCUT2D eigenvalue weighted by molar-refractivity contribution is 5.17. The number of hydrazine groups is 1. The van der Waals surface area contributed by atoms with Gasteiger partial charge in [-0.15, -0.1) is 0 Å². The normalized spacial score (nSPS) is 37.6. The van der Waals surface area contributed by atoms with Crippen LogP contribution >= 0.6 is 0 Å². The number of nitrogens with one attached hydrogen (secondary N) is 3. The third kappa shape index (κ3) is 5.17. The van der Waals surface area contributed by atoms with E-state index in [2.05, 4.69) is 53.0 Å². The van der Waals surface area contributed by atoms with Gasteiger partial charge in [0.15, 0.2) is 0 Å². The fraction of sp³-hybridized carbons (Fsp3) is 0.783. The van der Waals surface area contributed by atoms with Crippen molar-refractivity contribution < 1.29 is 0 Å². The van der Waals surface area contributed by atoms with Gasteiger partial charge in [-0.2, -0.15) is 0 Å². The Morgan fingerprint density at radius 1 is 0.862 bits per heavy atom. The van der Waals surface area contributed by atoms with Crippen molar-refractivity contribution >= 4 is 0 Å². The van der Waals surface area contributed by atoms with E-state index >= 15 is 0 Å². The number of hydrogen-bond acceptors (Lipinski definition) is 6. The maximum absolute atomic E-state index is 6.59. The van der Waals surface area contributed by atoms with Crippen LogP contribution in [0.3, 0.4) is 0 Å². The van der Waals surface area contributed by atoms with Gasteiger partial charge in [0.2, 0.25) is 0 Å². The van der Waals surface area contributed by atoms with Gasteiger partial charge >= 0.3 is 0 Å². The van der Waals surface area contributed by atoms with Crippen molar-refractivity contribution in [3.63, 3.8) is 0 Å². The average Bonchev–Trinajstić information content (AvgIpc) is 2.75. The first kappa shape index (κ1) is 21.2. The van der Waals surface area contributed by atoms with E-state index in [1.54, 1.807) is 0 Å². The lowest BCUT2D eigenvalue weighted by Crippen LogP contribution is -2.57. The molecule has 6 nitrogen and oxygen atoms in total. The molecular formula is C23H40N6. The minimum atomic E-state index is 0.229. The molecule has 5 N–H and O–H groups in total. The van der Waals surface area contributed by atoms with E-state index in [1.165, 1.54) is 51.4 Å². The summed E-state index contributed by atoms with van der Waals surface area (Å²) in [5.74, 6) is 6.59. The highest BCUT2D eigenvalue weighted by Crippen LogP contribution is 2.26. The van der Waals surface area contributed by atoms with Gasteiger partial charge in [-0.05, 0) is 51.7 Å². The zero-order valence-corrected chi connectivity index (χ0v) is 18.2. The molecule has 29 heavy (non-hydrogen) atoms. The predicted octanol–water partition coefficient (Wildman–Crippen LogP) is 2.78. The fourth-order valence-electron chi connectivity index (χ4n) is 5.59. The van der Waals surface area contributed by atoms with Crippen LogP contribution < -0.4 is 21.8 Å². The lowest BCUT2D eigenvalue weighted by molar-refractivity contribution is 0.115. The molecule has 2 aliphatic carbocycles. The molecule has 0 saturated heterocycles. The Morgan fingerprint density at radius 2 is 1.45 bits per heavy atom. The molecule has 2 saturated carbocycles. The summed E-state index contributed by atoms with van der Waals surface area (Å²) in [5, 5.41) is 13.7. The Kier molecular flexibility index (Phi) is 7.19. The van der Waals surface area contributed by atoms with E-state index in [0.717, 1.165) is 24.5 Å². The van der Waals surface area contributed by atoms with E-state index in [4.69, 9.17) is 10.8 Å². The second-order valence-electron chi connectivity index (χ2n) is 9.41. The molecule has 2 fully saturated rings. The Balaban J connectivity index is 1.59. The second-order valence-corrected chi connectivity index (χ2v) is 9.41. The van der Waals surface area contributed by atoms with Crippen LogP contribution in [0.2, 0.25) is 0 Å². The molecule has 162 valence electrons. The number of rotatable bonds is 0. The molecule has 2 heterocycles. The third-order valence-electron chi connectivity index (χ3n) is 7.31. The maximum atomic E-state index is 6.59. The zero-order valence-electron chi connectivity index (χ0n) is 18.2. The Bertz CT molecular complexity index is 652. The molecule has 2 bridgehead atoms. The largest absolute Gasteiger partial charge is 0.311 e. The van der Waals surface area contributed by atoms with Crippen molar-refractivity contribution in [2.24, 2.45) is 5.84 Å². The van der Waals surface area contributed by atoms with Crippen molar-refractivity contribution in [2.45, 2.75) is 101 Å². The number of fused-ring (bicyclic) bond motifs is 4. The van der Waals surface area contributed by atoms with Gasteiger partial charge < -0.3 is 16.0 Å². The second kappa shape index (κ2) is 9.84. The molecule has 4 rings (SSSR count). The van der Waals surface area contributed by atoms with Crippen LogP contribution in [-0.2, 0) is 0 Å². The summed E-state index contributed by atoms with van der Waals surface area (Å²) in [6.45, 7) is 6.36. The highest BCUT2D eigenvalue weighted by Gasteiger charge is 2.31. The molecule has 6 heteroatoms. The number of nitrogens with two attached hydrogens (primary N) is 1. The summed E-state index contributed by atoms with van der Waals surface area (Å²) in [5.41, 5.74) is 2.29. The number of hydrogen-bond donors (Lipinski definition) is 4. The van der Waals surface area contributed by atoms with Crippen molar-refractivity contribution in [1.82, 2.24) is 25.9 Å². The van der Waals surface area contributed by atoms with Crippen LogP contribution in [-0.4, -0.2) is 47.2 Å². The first-order valence-corrected chi connectivity index (χ1v) is 11.9. The molecule has 0 radical (unpaired) electrons. The Hall–Kier alpha value is -1.05. The monoisotopic (exact) mass is 400 g/mol. The minimum Gasteiger partial charge on any atom is -0.311 e. The van der Waals surface area contributed by atoms with Gasteiger partial charge in [0.1, 0.15) is 0 Å². The van der Waals surface area contributed by atoms with Gasteiger partial charge in [0.25, 0.3) is 0 Å². The topological polar surface area (TPSA) is 78.2 Å². The minimum absolute atomic E-state index is 0.229. The number of pyridine rings is 1. The highest BCUT2D eigenvalue weighted by atomic mass is 15.4. The maximum Gasteiger partial charge on any atom is 0.0574 e. The first-order chi connectivity index (χ1) is 14.1. The summed E-state index contributed by atoms with van der Waals surface area (Å²) in [6, 6.07) is 8.83. The van der Waals surface area contributed by atoms with E-state index in [-0.39, 0.29) is 12.1 Å². The lowest BCUT2D eigenvalue weighted by atomic mass is 9.89. The van der Waals surface area contributed by atoms with Gasteiger partial charge in [0.05, 0.1) is 11.4 Å². The van der Waals surface area contributed by atoms with E-state index in [1.807, 2.05) is 0 Å². The van der Waals surface area contributed by atoms with Gasteiger partial charge in [-0.1, -0.05) is 31.7 Å². The average molecular weight is 401 g/mol. The predicted molar refractivity (Wildman–Crippen MR) is 118 cm³/mol. The van der Waals surface area contributed by atoms with Crippen molar-refractivity contribution in [3.05, 3.63) is 29.6 Å². The molecule has 0 aromatic carbocycles. The molecule has 1 aromatic heterocycles. The lowest BCUT2D eigenvalue weighted by Gasteiger charge is -2.40.